The first-order valence-corrected chi connectivity index (χ1v) is 9.22. The Morgan fingerprint density at radius 3 is 2.41 bits per heavy atom. The zero-order valence-electron chi connectivity index (χ0n) is 16.6. The number of hydrogen-bond acceptors (Lipinski definition) is 4. The van der Waals surface area contributed by atoms with Crippen molar-refractivity contribution >= 4 is 22.6 Å². The molecule has 0 radical (unpaired) electrons. The maximum Gasteiger partial charge on any atom is 0.262 e. The number of benzene rings is 2. The van der Waals surface area contributed by atoms with E-state index in [0.717, 1.165) is 11.3 Å². The highest BCUT2D eigenvalue weighted by Gasteiger charge is 2.13. The van der Waals surface area contributed by atoms with Crippen LogP contribution in [-0.4, -0.2) is 15.3 Å². The van der Waals surface area contributed by atoms with E-state index in [-0.39, 0.29) is 11.0 Å². The van der Waals surface area contributed by atoms with Gasteiger partial charge in [0.25, 0.3) is 5.56 Å². The zero-order chi connectivity index (χ0) is 19.6. The van der Waals surface area contributed by atoms with Gasteiger partial charge in [-0.3, -0.25) is 9.36 Å². The summed E-state index contributed by atoms with van der Waals surface area (Å²) in [6.07, 6.45) is 0. The van der Waals surface area contributed by atoms with Crippen molar-refractivity contribution in [1.82, 2.24) is 9.55 Å². The Kier molecular flexibility index (Phi) is 5.13. The molecule has 0 saturated heterocycles. The van der Waals surface area contributed by atoms with Crippen LogP contribution in [0.4, 0.5) is 5.95 Å². The van der Waals surface area contributed by atoms with Gasteiger partial charge in [-0.05, 0) is 42.5 Å². The molecule has 27 heavy (non-hydrogen) atoms. The molecule has 3 aromatic rings. The summed E-state index contributed by atoms with van der Waals surface area (Å²) in [7, 11) is 0. The van der Waals surface area contributed by atoms with Crippen LogP contribution in [0.1, 0.15) is 45.7 Å². The first kappa shape index (κ1) is 18.8. The van der Waals surface area contributed by atoms with Gasteiger partial charge in [-0.15, -0.1) is 0 Å². The van der Waals surface area contributed by atoms with Crippen LogP contribution in [0.5, 0.6) is 0 Å². The second kappa shape index (κ2) is 7.35. The van der Waals surface area contributed by atoms with E-state index in [4.69, 9.17) is 0 Å². The molecule has 0 saturated carbocycles. The maximum atomic E-state index is 12.7. The Morgan fingerprint density at radius 1 is 1.11 bits per heavy atom. The molecule has 0 bridgehead atoms. The van der Waals surface area contributed by atoms with Gasteiger partial charge in [0.1, 0.15) is 0 Å². The first-order valence-electron chi connectivity index (χ1n) is 9.22. The molecule has 140 valence electrons. The fourth-order valence-corrected chi connectivity index (χ4v) is 2.96. The van der Waals surface area contributed by atoms with Crippen LogP contribution in [-0.2, 0) is 12.0 Å². The molecule has 0 atom stereocenters. The lowest BCUT2D eigenvalue weighted by molar-refractivity contribution is 0.590. The number of aromatic nitrogens is 2. The zero-order valence-corrected chi connectivity index (χ0v) is 16.6. The molecule has 5 nitrogen and oxygen atoms in total. The van der Waals surface area contributed by atoms with Crippen molar-refractivity contribution in [3.8, 4) is 0 Å². The van der Waals surface area contributed by atoms with E-state index in [1.165, 1.54) is 5.56 Å². The van der Waals surface area contributed by atoms with E-state index < -0.39 is 0 Å². The number of para-hydroxylation sites is 1. The smallest absolute Gasteiger partial charge is 0.262 e. The van der Waals surface area contributed by atoms with Crippen molar-refractivity contribution in [3.05, 3.63) is 70.0 Å². The fraction of sp³-hybridized carbons (Fsp3) is 0.318. The maximum absolute atomic E-state index is 12.7. The lowest BCUT2D eigenvalue weighted by Gasteiger charge is -2.19. The molecular formula is C22H26N4O. The van der Waals surface area contributed by atoms with Gasteiger partial charge in [-0.25, -0.2) is 10.4 Å². The van der Waals surface area contributed by atoms with Crippen molar-refractivity contribution in [2.24, 2.45) is 5.10 Å². The number of hydrogen-bond donors (Lipinski definition) is 1. The average Bonchev–Trinajstić information content (AvgIpc) is 2.65. The van der Waals surface area contributed by atoms with Crippen LogP contribution in [0.2, 0.25) is 0 Å². The van der Waals surface area contributed by atoms with Crippen molar-refractivity contribution in [2.75, 3.05) is 5.43 Å². The van der Waals surface area contributed by atoms with Gasteiger partial charge in [0, 0.05) is 6.54 Å². The molecule has 1 heterocycles. The number of fused-ring (bicyclic) bond motifs is 1. The summed E-state index contributed by atoms with van der Waals surface area (Å²) in [6, 6.07) is 15.8. The molecule has 5 heteroatoms. The molecule has 0 aliphatic heterocycles. The summed E-state index contributed by atoms with van der Waals surface area (Å²) in [4.78, 5) is 17.2. The monoisotopic (exact) mass is 362 g/mol. The number of hydrazone groups is 1. The summed E-state index contributed by atoms with van der Waals surface area (Å²) in [5, 5.41) is 5.07. The highest BCUT2D eigenvalue weighted by Crippen LogP contribution is 2.22. The Labute approximate surface area is 159 Å². The van der Waals surface area contributed by atoms with E-state index in [1.54, 1.807) is 10.6 Å². The van der Waals surface area contributed by atoms with Crippen molar-refractivity contribution in [1.29, 1.82) is 0 Å². The molecule has 1 aromatic heterocycles. The lowest BCUT2D eigenvalue weighted by Crippen LogP contribution is -2.23. The quantitative estimate of drug-likeness (QED) is 0.547. The van der Waals surface area contributed by atoms with Gasteiger partial charge >= 0.3 is 0 Å². The Hall–Kier alpha value is -2.95. The van der Waals surface area contributed by atoms with Crippen LogP contribution in [0.15, 0.2) is 58.4 Å². The highest BCUT2D eigenvalue weighted by atomic mass is 16.1. The number of nitrogens with one attached hydrogen (secondary N) is 1. The van der Waals surface area contributed by atoms with Crippen LogP contribution in [0.3, 0.4) is 0 Å². The minimum atomic E-state index is -0.0621. The van der Waals surface area contributed by atoms with Gasteiger partial charge in [0.2, 0.25) is 5.95 Å². The second-order valence-electron chi connectivity index (χ2n) is 7.64. The molecule has 0 aliphatic rings. The minimum absolute atomic E-state index is 0.0621. The third-order valence-electron chi connectivity index (χ3n) is 4.67. The van der Waals surface area contributed by atoms with Crippen LogP contribution >= 0.6 is 0 Å². The molecule has 3 rings (SSSR count). The van der Waals surface area contributed by atoms with Crippen LogP contribution in [0.25, 0.3) is 10.9 Å². The normalized spacial score (nSPS) is 12.4. The molecule has 0 spiro atoms. The van der Waals surface area contributed by atoms with Gasteiger partial charge < -0.3 is 0 Å². The molecule has 0 fully saturated rings. The molecule has 0 amide bonds. The van der Waals surface area contributed by atoms with E-state index in [9.17, 15) is 4.79 Å². The summed E-state index contributed by atoms with van der Waals surface area (Å²) < 4.78 is 1.60. The average molecular weight is 362 g/mol. The van der Waals surface area contributed by atoms with E-state index in [2.05, 4.69) is 60.5 Å². The summed E-state index contributed by atoms with van der Waals surface area (Å²) in [5.41, 5.74) is 6.84. The van der Waals surface area contributed by atoms with Gasteiger partial charge in [0.15, 0.2) is 0 Å². The number of rotatable bonds is 4. The molecule has 2 aromatic carbocycles. The summed E-state index contributed by atoms with van der Waals surface area (Å²) in [5.74, 6) is 0.451. The van der Waals surface area contributed by atoms with Gasteiger partial charge in [0.05, 0.1) is 16.6 Å². The van der Waals surface area contributed by atoms with Crippen molar-refractivity contribution in [2.45, 2.75) is 46.6 Å². The third kappa shape index (κ3) is 3.92. The Balaban J connectivity index is 1.92. The largest absolute Gasteiger partial charge is 0.277 e. The number of nitrogens with zero attached hydrogens (tertiary/aromatic N) is 3. The SMILES string of the molecule is CCn1c(N/N=C(/C)c2ccc(C(C)(C)C)cc2)nc2ccccc2c1=O. The van der Waals surface area contributed by atoms with Crippen LogP contribution in [0, 0.1) is 0 Å². The molecule has 1 N–H and O–H groups in total. The Morgan fingerprint density at radius 2 is 1.78 bits per heavy atom. The minimum Gasteiger partial charge on any atom is -0.277 e. The third-order valence-corrected chi connectivity index (χ3v) is 4.67. The fourth-order valence-electron chi connectivity index (χ4n) is 2.96. The predicted octanol–water partition coefficient (Wildman–Crippen LogP) is 4.55. The van der Waals surface area contributed by atoms with Crippen LogP contribution < -0.4 is 11.0 Å². The van der Waals surface area contributed by atoms with E-state index >= 15 is 0 Å². The standard InChI is InChI=1S/C22H26N4O/c1-6-26-20(27)18-9-7-8-10-19(18)23-21(26)25-24-15(2)16-11-13-17(14-12-16)22(3,4)5/h7-14H,6H2,1-5H3,(H,23,25)/b24-15-. The summed E-state index contributed by atoms with van der Waals surface area (Å²) >= 11 is 0. The van der Waals surface area contributed by atoms with Gasteiger partial charge in [-0.2, -0.15) is 5.10 Å². The predicted molar refractivity (Wildman–Crippen MR) is 113 cm³/mol. The summed E-state index contributed by atoms with van der Waals surface area (Å²) in [6.45, 7) is 11.0. The topological polar surface area (TPSA) is 59.3 Å². The van der Waals surface area contributed by atoms with Gasteiger partial charge in [-0.1, -0.05) is 57.2 Å². The molecule has 0 unspecified atom stereocenters. The molecular weight excluding hydrogens is 336 g/mol. The second-order valence-corrected chi connectivity index (χ2v) is 7.64. The Bertz CT molecular complexity index is 1040. The van der Waals surface area contributed by atoms with E-state index in [1.807, 2.05) is 32.0 Å². The molecule has 0 aliphatic carbocycles. The van der Waals surface area contributed by atoms with Crippen molar-refractivity contribution in [3.63, 3.8) is 0 Å². The lowest BCUT2D eigenvalue weighted by atomic mass is 9.86. The van der Waals surface area contributed by atoms with E-state index in [0.29, 0.717) is 23.4 Å². The highest BCUT2D eigenvalue weighted by molar-refractivity contribution is 5.99. The first-order chi connectivity index (χ1) is 12.8. The number of anilines is 1. The van der Waals surface area contributed by atoms with Crippen molar-refractivity contribution < 1.29 is 0 Å².